The van der Waals surface area contributed by atoms with Crippen molar-refractivity contribution in [3.63, 3.8) is 0 Å². The van der Waals surface area contributed by atoms with Crippen molar-refractivity contribution in [3.05, 3.63) is 48.3 Å². The molecule has 2 aromatic heterocycles. The molecular formula is C19H20N2O3S. The Morgan fingerprint density at radius 3 is 2.60 bits per heavy atom. The van der Waals surface area contributed by atoms with E-state index >= 15 is 0 Å². The maximum absolute atomic E-state index is 11.8. The van der Waals surface area contributed by atoms with Crippen molar-refractivity contribution in [2.75, 3.05) is 13.4 Å². The van der Waals surface area contributed by atoms with Crippen LogP contribution in [0.4, 0.5) is 0 Å². The minimum atomic E-state index is -0.845. The highest BCUT2D eigenvalue weighted by atomic mass is 32.2. The molecule has 0 fully saturated rings. The summed E-state index contributed by atoms with van der Waals surface area (Å²) in [5, 5.41) is 9.69. The third-order valence-corrected chi connectivity index (χ3v) is 5.01. The van der Waals surface area contributed by atoms with Gasteiger partial charge in [-0.1, -0.05) is 19.1 Å². The van der Waals surface area contributed by atoms with Gasteiger partial charge in [-0.3, -0.25) is 4.79 Å². The van der Waals surface area contributed by atoms with Gasteiger partial charge in [-0.25, -0.2) is 4.98 Å². The number of fused-ring (bicyclic) bond motifs is 1. The van der Waals surface area contributed by atoms with E-state index in [1.54, 1.807) is 18.9 Å². The van der Waals surface area contributed by atoms with Gasteiger partial charge in [-0.15, -0.1) is 11.8 Å². The zero-order chi connectivity index (χ0) is 18.0. The fourth-order valence-corrected chi connectivity index (χ4v) is 3.36. The van der Waals surface area contributed by atoms with Crippen LogP contribution in [0.5, 0.6) is 5.75 Å². The summed E-state index contributed by atoms with van der Waals surface area (Å²) in [7, 11) is 1.60. The van der Waals surface area contributed by atoms with Gasteiger partial charge in [0.1, 0.15) is 11.4 Å². The van der Waals surface area contributed by atoms with Crippen LogP contribution in [0.2, 0.25) is 0 Å². The van der Waals surface area contributed by atoms with Gasteiger partial charge in [0.2, 0.25) is 0 Å². The fraction of sp³-hybridized carbons (Fsp3) is 0.263. The first-order valence-electron chi connectivity index (χ1n) is 8.02. The van der Waals surface area contributed by atoms with E-state index in [2.05, 4.69) is 0 Å². The Kier molecular flexibility index (Phi) is 4.99. The first kappa shape index (κ1) is 17.4. The predicted octanol–water partition coefficient (Wildman–Crippen LogP) is 4.31. The van der Waals surface area contributed by atoms with Crippen LogP contribution in [0.15, 0.2) is 47.5 Å². The number of carboxylic acids is 1. The van der Waals surface area contributed by atoms with E-state index < -0.39 is 11.9 Å². The lowest BCUT2D eigenvalue weighted by molar-refractivity contribution is -0.138. The number of aromatic nitrogens is 2. The summed E-state index contributed by atoms with van der Waals surface area (Å²) in [5.41, 5.74) is 2.99. The number of hydrogen-bond acceptors (Lipinski definition) is 4. The van der Waals surface area contributed by atoms with Crippen LogP contribution < -0.4 is 4.74 Å². The molecule has 0 saturated heterocycles. The van der Waals surface area contributed by atoms with E-state index in [0.717, 1.165) is 10.5 Å². The highest BCUT2D eigenvalue weighted by Gasteiger charge is 2.27. The Bertz CT molecular complexity index is 903. The number of thioether (sulfide) groups is 1. The number of aliphatic carboxylic acids is 1. The number of benzene rings is 1. The summed E-state index contributed by atoms with van der Waals surface area (Å²) in [5.74, 6) is -0.780. The van der Waals surface area contributed by atoms with Gasteiger partial charge in [-0.05, 0) is 30.9 Å². The molecule has 1 N–H and O–H groups in total. The van der Waals surface area contributed by atoms with Crippen molar-refractivity contribution >= 4 is 23.4 Å². The van der Waals surface area contributed by atoms with Crippen molar-refractivity contribution in [1.82, 2.24) is 9.38 Å². The van der Waals surface area contributed by atoms with Crippen LogP contribution in [-0.2, 0) is 4.79 Å². The highest BCUT2D eigenvalue weighted by Crippen LogP contribution is 2.33. The normalized spacial score (nSPS) is 12.3. The predicted molar refractivity (Wildman–Crippen MR) is 99.6 cm³/mol. The number of rotatable bonds is 6. The van der Waals surface area contributed by atoms with Crippen molar-refractivity contribution in [1.29, 1.82) is 0 Å². The summed E-state index contributed by atoms with van der Waals surface area (Å²) in [4.78, 5) is 17.7. The molecule has 3 aromatic rings. The Morgan fingerprint density at radius 1 is 1.32 bits per heavy atom. The molecule has 6 heteroatoms. The highest BCUT2D eigenvalue weighted by molar-refractivity contribution is 7.98. The van der Waals surface area contributed by atoms with E-state index in [-0.39, 0.29) is 0 Å². The van der Waals surface area contributed by atoms with E-state index in [9.17, 15) is 9.90 Å². The Balaban J connectivity index is 2.25. The molecule has 5 nitrogen and oxygen atoms in total. The van der Waals surface area contributed by atoms with Gasteiger partial charge in [0.05, 0.1) is 24.4 Å². The van der Waals surface area contributed by atoms with Gasteiger partial charge in [0.15, 0.2) is 0 Å². The second kappa shape index (κ2) is 7.19. The molecule has 0 aliphatic heterocycles. The largest absolute Gasteiger partial charge is 0.497 e. The van der Waals surface area contributed by atoms with E-state index in [4.69, 9.17) is 9.72 Å². The number of nitrogens with zero attached hydrogens (tertiary/aromatic N) is 2. The van der Waals surface area contributed by atoms with Crippen LogP contribution in [0.1, 0.15) is 25.0 Å². The molecule has 0 spiro atoms. The monoisotopic (exact) mass is 356 g/mol. The molecule has 0 aliphatic rings. The van der Waals surface area contributed by atoms with Gasteiger partial charge < -0.3 is 14.2 Å². The smallest absolute Gasteiger partial charge is 0.312 e. The summed E-state index contributed by atoms with van der Waals surface area (Å²) in [6.45, 7) is 1.88. The first-order valence-corrected chi connectivity index (χ1v) is 9.24. The molecule has 2 heterocycles. The molecule has 0 amide bonds. The second-order valence-corrected chi connectivity index (χ2v) is 6.55. The van der Waals surface area contributed by atoms with Crippen molar-refractivity contribution < 1.29 is 14.6 Å². The van der Waals surface area contributed by atoms with E-state index in [1.165, 1.54) is 0 Å². The molecule has 130 valence electrons. The Hall–Kier alpha value is -2.47. The molecule has 0 bridgehead atoms. The van der Waals surface area contributed by atoms with Gasteiger partial charge in [0, 0.05) is 22.7 Å². The number of imidazole rings is 1. The van der Waals surface area contributed by atoms with Gasteiger partial charge >= 0.3 is 5.97 Å². The molecule has 25 heavy (non-hydrogen) atoms. The maximum Gasteiger partial charge on any atom is 0.312 e. The summed E-state index contributed by atoms with van der Waals surface area (Å²) in [6, 6.07) is 11.7. The summed E-state index contributed by atoms with van der Waals surface area (Å²) < 4.78 is 7.12. The first-order chi connectivity index (χ1) is 12.1. The lowest BCUT2D eigenvalue weighted by Crippen LogP contribution is -2.13. The number of ether oxygens (including phenoxy) is 1. The Labute approximate surface area is 150 Å². The third kappa shape index (κ3) is 3.22. The molecule has 1 unspecified atom stereocenters. The average molecular weight is 356 g/mol. The lowest BCUT2D eigenvalue weighted by Gasteiger charge is -2.13. The summed E-state index contributed by atoms with van der Waals surface area (Å²) in [6.07, 6.45) is 4.34. The molecule has 0 radical (unpaired) electrons. The molecule has 1 atom stereocenters. The van der Waals surface area contributed by atoms with E-state index in [0.29, 0.717) is 29.2 Å². The third-order valence-electron chi connectivity index (χ3n) is 4.27. The van der Waals surface area contributed by atoms with Crippen LogP contribution in [0.3, 0.4) is 0 Å². The molecule has 1 aromatic carbocycles. The zero-order valence-electron chi connectivity index (χ0n) is 14.4. The van der Waals surface area contributed by atoms with E-state index in [1.807, 2.05) is 60.2 Å². The number of carboxylic acid groups (broad SMARTS) is 1. The van der Waals surface area contributed by atoms with Crippen molar-refractivity contribution in [3.8, 4) is 17.0 Å². The number of carbonyl (C=O) groups is 1. The number of pyridine rings is 1. The summed E-state index contributed by atoms with van der Waals surface area (Å²) >= 11 is 1.67. The van der Waals surface area contributed by atoms with Crippen molar-refractivity contribution in [2.45, 2.75) is 24.2 Å². The van der Waals surface area contributed by atoms with Crippen LogP contribution in [0.25, 0.3) is 16.9 Å². The molecule has 3 rings (SSSR count). The quantitative estimate of drug-likeness (QED) is 0.667. The SMILES string of the molecule is CCC(C(=O)O)c1c(-c2ccc(SC)cc2)nc2cc(OC)ccn12. The van der Waals surface area contributed by atoms with Gasteiger partial charge in [-0.2, -0.15) is 0 Å². The molecule has 0 saturated carbocycles. The van der Waals surface area contributed by atoms with Crippen molar-refractivity contribution in [2.24, 2.45) is 0 Å². The van der Waals surface area contributed by atoms with Crippen LogP contribution in [-0.4, -0.2) is 33.8 Å². The Morgan fingerprint density at radius 2 is 2.04 bits per heavy atom. The topological polar surface area (TPSA) is 63.8 Å². The maximum atomic E-state index is 11.8. The lowest BCUT2D eigenvalue weighted by atomic mass is 9.97. The minimum Gasteiger partial charge on any atom is -0.497 e. The number of hydrogen-bond donors (Lipinski definition) is 1. The number of methoxy groups -OCH3 is 1. The average Bonchev–Trinajstić information content (AvgIpc) is 3.00. The van der Waals surface area contributed by atoms with Gasteiger partial charge in [0.25, 0.3) is 0 Å². The fourth-order valence-electron chi connectivity index (χ4n) is 2.95. The zero-order valence-corrected chi connectivity index (χ0v) is 15.2. The molecule has 0 aliphatic carbocycles. The minimum absolute atomic E-state index is 0.491. The standard InChI is InChI=1S/C19H20N2O3S/c1-4-15(19(22)23)18-17(12-5-7-14(25-3)8-6-12)20-16-11-13(24-2)9-10-21(16)18/h5-11,15H,4H2,1-3H3,(H,22,23). The second-order valence-electron chi connectivity index (χ2n) is 5.67. The van der Waals surface area contributed by atoms with Crippen LogP contribution >= 0.6 is 11.8 Å². The van der Waals surface area contributed by atoms with Crippen LogP contribution in [0, 0.1) is 0 Å². The molecular weight excluding hydrogens is 336 g/mol.